The summed E-state index contributed by atoms with van der Waals surface area (Å²) in [5.74, 6) is 0. The van der Waals surface area contributed by atoms with E-state index in [1.54, 1.807) is 0 Å². The fourth-order valence-corrected chi connectivity index (χ4v) is 2.30. The van der Waals surface area contributed by atoms with E-state index in [0.29, 0.717) is 0 Å². The molecule has 18 heavy (non-hydrogen) atoms. The molecule has 1 aromatic heterocycles. The molecule has 3 rings (SSSR count). The van der Waals surface area contributed by atoms with Crippen LogP contribution in [0.2, 0.25) is 0 Å². The number of para-hydroxylation sites is 1. The van der Waals surface area contributed by atoms with E-state index in [1.807, 2.05) is 48.7 Å². The smallest absolute Gasteiger partial charge is 0.0722 e. The second-order valence-corrected chi connectivity index (χ2v) is 4.83. The van der Waals surface area contributed by atoms with Crippen LogP contribution in [-0.2, 0) is 0 Å². The molecule has 0 aliphatic rings. The Morgan fingerprint density at radius 3 is 2.56 bits per heavy atom. The molecule has 0 saturated heterocycles. The number of hydrogen-bond acceptors (Lipinski definition) is 2. The first-order chi connectivity index (χ1) is 8.84. The summed E-state index contributed by atoms with van der Waals surface area (Å²) in [6.45, 7) is 0. The Kier molecular flexibility index (Phi) is 2.99. The number of benzene rings is 2. The summed E-state index contributed by atoms with van der Waals surface area (Å²) in [5.41, 5.74) is 3.11. The van der Waals surface area contributed by atoms with Crippen molar-refractivity contribution in [3.63, 3.8) is 0 Å². The van der Waals surface area contributed by atoms with Crippen LogP contribution in [0.4, 0.5) is 11.4 Å². The number of aromatic nitrogens is 1. The van der Waals surface area contributed by atoms with Gasteiger partial charge in [-0.2, -0.15) is 0 Å². The lowest BCUT2D eigenvalue weighted by atomic mass is 10.1. The lowest BCUT2D eigenvalue weighted by Crippen LogP contribution is -1.92. The van der Waals surface area contributed by atoms with Crippen LogP contribution in [-0.4, -0.2) is 4.98 Å². The molecule has 3 heteroatoms. The van der Waals surface area contributed by atoms with Crippen molar-refractivity contribution in [3.05, 3.63) is 65.3 Å². The fraction of sp³-hybridized carbons (Fsp3) is 0. The summed E-state index contributed by atoms with van der Waals surface area (Å²) in [5, 5.41) is 4.55. The Labute approximate surface area is 114 Å². The first-order valence-corrected chi connectivity index (χ1v) is 6.49. The number of rotatable bonds is 2. The van der Waals surface area contributed by atoms with Gasteiger partial charge in [-0.25, -0.2) is 0 Å². The van der Waals surface area contributed by atoms with Crippen molar-refractivity contribution < 1.29 is 0 Å². The van der Waals surface area contributed by atoms with Crippen molar-refractivity contribution in [2.24, 2.45) is 0 Å². The molecule has 0 amide bonds. The summed E-state index contributed by atoms with van der Waals surface area (Å²) in [4.78, 5) is 4.35. The van der Waals surface area contributed by atoms with Crippen LogP contribution < -0.4 is 5.32 Å². The molecule has 2 aromatic carbocycles. The van der Waals surface area contributed by atoms with Crippen LogP contribution in [0.5, 0.6) is 0 Å². The van der Waals surface area contributed by atoms with Gasteiger partial charge >= 0.3 is 0 Å². The molecule has 0 unspecified atom stereocenters. The summed E-state index contributed by atoms with van der Waals surface area (Å²) >= 11 is 3.54. The molecule has 1 N–H and O–H groups in total. The molecule has 0 fully saturated rings. The van der Waals surface area contributed by atoms with Gasteiger partial charge in [0.25, 0.3) is 0 Å². The second-order valence-electron chi connectivity index (χ2n) is 3.98. The zero-order valence-corrected chi connectivity index (χ0v) is 11.2. The average Bonchev–Trinajstić information content (AvgIpc) is 2.42. The highest BCUT2D eigenvalue weighted by Gasteiger charge is 2.03. The first kappa shape index (κ1) is 11.2. The summed E-state index contributed by atoms with van der Waals surface area (Å²) in [6.07, 6.45) is 1.81. The van der Waals surface area contributed by atoms with Crippen molar-refractivity contribution in [1.29, 1.82) is 0 Å². The minimum absolute atomic E-state index is 0.995. The standard InChI is InChI=1S/C15H11BrN2/c16-12-6-1-2-7-15(12)18-14-9-3-8-13-11(14)5-4-10-17-13/h1-10,18H. The highest BCUT2D eigenvalue weighted by Crippen LogP contribution is 2.29. The highest BCUT2D eigenvalue weighted by atomic mass is 79.9. The largest absolute Gasteiger partial charge is 0.354 e. The quantitative estimate of drug-likeness (QED) is 0.739. The Morgan fingerprint density at radius 1 is 0.833 bits per heavy atom. The number of nitrogens with zero attached hydrogens (tertiary/aromatic N) is 1. The van der Waals surface area contributed by atoms with Gasteiger partial charge in [0, 0.05) is 21.7 Å². The Balaban J connectivity index is 2.08. The van der Waals surface area contributed by atoms with E-state index in [9.17, 15) is 0 Å². The molecule has 0 saturated carbocycles. The van der Waals surface area contributed by atoms with Crippen molar-refractivity contribution in [1.82, 2.24) is 4.98 Å². The number of hydrogen-bond donors (Lipinski definition) is 1. The van der Waals surface area contributed by atoms with Crippen LogP contribution in [0, 0.1) is 0 Å². The molecule has 0 aliphatic carbocycles. The molecule has 0 aliphatic heterocycles. The molecular weight excluding hydrogens is 288 g/mol. The first-order valence-electron chi connectivity index (χ1n) is 5.70. The average molecular weight is 299 g/mol. The van der Waals surface area contributed by atoms with E-state index in [1.165, 1.54) is 0 Å². The minimum Gasteiger partial charge on any atom is -0.354 e. The van der Waals surface area contributed by atoms with Gasteiger partial charge in [-0.15, -0.1) is 0 Å². The summed E-state index contributed by atoms with van der Waals surface area (Å²) in [7, 11) is 0. The fourth-order valence-electron chi connectivity index (χ4n) is 1.92. The monoisotopic (exact) mass is 298 g/mol. The van der Waals surface area contributed by atoms with Gasteiger partial charge in [0.05, 0.1) is 11.2 Å². The highest BCUT2D eigenvalue weighted by molar-refractivity contribution is 9.10. The van der Waals surface area contributed by atoms with Crippen molar-refractivity contribution in [3.8, 4) is 0 Å². The summed E-state index contributed by atoms with van der Waals surface area (Å²) in [6, 6.07) is 18.2. The van der Waals surface area contributed by atoms with E-state index in [-0.39, 0.29) is 0 Å². The minimum atomic E-state index is 0.995. The third-order valence-electron chi connectivity index (χ3n) is 2.79. The van der Waals surface area contributed by atoms with Crippen molar-refractivity contribution in [2.45, 2.75) is 0 Å². The van der Waals surface area contributed by atoms with E-state index >= 15 is 0 Å². The molecular formula is C15H11BrN2. The SMILES string of the molecule is Brc1ccccc1Nc1cccc2ncccc12. The molecule has 2 nitrogen and oxygen atoms in total. The third-order valence-corrected chi connectivity index (χ3v) is 3.48. The van der Waals surface area contributed by atoms with Crippen LogP contribution in [0.3, 0.4) is 0 Å². The maximum atomic E-state index is 4.35. The van der Waals surface area contributed by atoms with E-state index in [4.69, 9.17) is 0 Å². The Morgan fingerprint density at radius 2 is 1.67 bits per heavy atom. The van der Waals surface area contributed by atoms with Gasteiger partial charge in [-0.1, -0.05) is 18.2 Å². The lowest BCUT2D eigenvalue weighted by molar-refractivity contribution is 1.41. The predicted molar refractivity (Wildman–Crippen MR) is 79.2 cm³/mol. The van der Waals surface area contributed by atoms with Gasteiger partial charge in [-0.05, 0) is 52.3 Å². The number of nitrogens with one attached hydrogen (secondary N) is 1. The molecule has 1 heterocycles. The van der Waals surface area contributed by atoms with Gasteiger partial charge < -0.3 is 5.32 Å². The number of fused-ring (bicyclic) bond motifs is 1. The van der Waals surface area contributed by atoms with Crippen molar-refractivity contribution in [2.75, 3.05) is 5.32 Å². The maximum absolute atomic E-state index is 4.35. The molecule has 0 spiro atoms. The van der Waals surface area contributed by atoms with E-state index in [2.05, 4.69) is 38.4 Å². The van der Waals surface area contributed by atoms with Crippen molar-refractivity contribution >= 4 is 38.2 Å². The number of pyridine rings is 1. The van der Waals surface area contributed by atoms with E-state index < -0.39 is 0 Å². The zero-order chi connectivity index (χ0) is 12.4. The maximum Gasteiger partial charge on any atom is 0.0722 e. The molecule has 0 atom stereocenters. The molecule has 88 valence electrons. The lowest BCUT2D eigenvalue weighted by Gasteiger charge is -2.10. The number of halogens is 1. The Bertz CT molecular complexity index is 689. The molecule has 0 radical (unpaired) electrons. The van der Waals surface area contributed by atoms with Crippen LogP contribution in [0.1, 0.15) is 0 Å². The second kappa shape index (κ2) is 4.78. The predicted octanol–water partition coefficient (Wildman–Crippen LogP) is 4.74. The van der Waals surface area contributed by atoms with Crippen LogP contribution >= 0.6 is 15.9 Å². The van der Waals surface area contributed by atoms with Gasteiger partial charge in [-0.3, -0.25) is 4.98 Å². The van der Waals surface area contributed by atoms with Gasteiger partial charge in [0.15, 0.2) is 0 Å². The topological polar surface area (TPSA) is 24.9 Å². The number of anilines is 2. The Hall–Kier alpha value is -1.87. The normalized spacial score (nSPS) is 10.5. The molecule has 0 bridgehead atoms. The summed E-state index contributed by atoms with van der Waals surface area (Å²) < 4.78 is 1.05. The third kappa shape index (κ3) is 2.09. The molecule has 3 aromatic rings. The van der Waals surface area contributed by atoms with E-state index in [0.717, 1.165) is 26.8 Å². The van der Waals surface area contributed by atoms with Crippen LogP contribution in [0.25, 0.3) is 10.9 Å². The van der Waals surface area contributed by atoms with Crippen LogP contribution in [0.15, 0.2) is 65.3 Å². The van der Waals surface area contributed by atoms with Gasteiger partial charge in [0.2, 0.25) is 0 Å². The van der Waals surface area contributed by atoms with Gasteiger partial charge in [0.1, 0.15) is 0 Å². The zero-order valence-electron chi connectivity index (χ0n) is 9.60.